The first-order chi connectivity index (χ1) is 8.61. The van der Waals surface area contributed by atoms with E-state index in [0.29, 0.717) is 18.9 Å². The van der Waals surface area contributed by atoms with Crippen molar-refractivity contribution in [1.82, 2.24) is 4.90 Å². The molecule has 1 fully saturated rings. The molecule has 0 atom stereocenters. The van der Waals surface area contributed by atoms with E-state index in [-0.39, 0.29) is 11.9 Å². The molecule has 1 rings (SSSR count). The summed E-state index contributed by atoms with van der Waals surface area (Å²) >= 11 is 0. The summed E-state index contributed by atoms with van der Waals surface area (Å²) in [5.41, 5.74) is 5.18. The predicted octanol–water partition coefficient (Wildman–Crippen LogP) is 0.693. The van der Waals surface area contributed by atoms with Gasteiger partial charge in [0, 0.05) is 19.0 Å². The van der Waals surface area contributed by atoms with Crippen LogP contribution in [0, 0.1) is 5.92 Å². The second-order valence-electron chi connectivity index (χ2n) is 4.57. The molecule has 1 amide bonds. The molecular weight excluding hydrogens is 232 g/mol. The van der Waals surface area contributed by atoms with Crippen molar-refractivity contribution < 1.29 is 14.3 Å². The van der Waals surface area contributed by atoms with E-state index in [1.807, 2.05) is 6.08 Å². The van der Waals surface area contributed by atoms with Gasteiger partial charge >= 0.3 is 5.97 Å². The van der Waals surface area contributed by atoms with Crippen molar-refractivity contribution in [2.24, 2.45) is 11.7 Å². The maximum atomic E-state index is 11.1. The zero-order chi connectivity index (χ0) is 13.4. The number of esters is 1. The number of likely N-dealkylation sites (tertiary alicyclic amines) is 1. The number of carbonyl (C=O) groups is 2. The lowest BCUT2D eigenvalue weighted by Crippen LogP contribution is -2.35. The Morgan fingerprint density at radius 2 is 2.06 bits per heavy atom. The number of ether oxygens (including phenoxy) is 1. The summed E-state index contributed by atoms with van der Waals surface area (Å²) in [5.74, 6) is -0.0791. The number of rotatable bonds is 6. The van der Waals surface area contributed by atoms with E-state index < -0.39 is 0 Å². The van der Waals surface area contributed by atoms with Crippen LogP contribution >= 0.6 is 0 Å². The summed E-state index contributed by atoms with van der Waals surface area (Å²) in [6.07, 6.45) is 5.78. The quantitative estimate of drug-likeness (QED) is 0.559. The maximum absolute atomic E-state index is 11.1. The van der Waals surface area contributed by atoms with Gasteiger partial charge in [-0.15, -0.1) is 0 Å². The summed E-state index contributed by atoms with van der Waals surface area (Å²) in [5, 5.41) is 0. The predicted molar refractivity (Wildman–Crippen MR) is 68.7 cm³/mol. The third-order valence-electron chi connectivity index (χ3n) is 3.10. The molecule has 102 valence electrons. The highest BCUT2D eigenvalue weighted by Crippen LogP contribution is 2.19. The van der Waals surface area contributed by atoms with Gasteiger partial charge in [-0.2, -0.15) is 0 Å². The second kappa shape index (κ2) is 7.87. The highest BCUT2D eigenvalue weighted by atomic mass is 16.5. The van der Waals surface area contributed by atoms with Crippen molar-refractivity contribution in [2.75, 3.05) is 26.2 Å². The molecular formula is C13H22N2O3. The molecule has 0 aromatic heterocycles. The molecule has 0 saturated carbocycles. The minimum atomic E-state index is -0.291. The number of primary amides is 1. The van der Waals surface area contributed by atoms with Crippen LogP contribution < -0.4 is 5.73 Å². The second-order valence-corrected chi connectivity index (χ2v) is 4.57. The molecule has 1 aliphatic heterocycles. The van der Waals surface area contributed by atoms with Crippen LogP contribution in [0.1, 0.15) is 26.2 Å². The monoisotopic (exact) mass is 254 g/mol. The summed E-state index contributed by atoms with van der Waals surface area (Å²) in [4.78, 5) is 24.1. The van der Waals surface area contributed by atoms with Gasteiger partial charge in [0.25, 0.3) is 0 Å². The van der Waals surface area contributed by atoms with Crippen LogP contribution in [-0.4, -0.2) is 43.0 Å². The van der Waals surface area contributed by atoms with Crippen molar-refractivity contribution in [2.45, 2.75) is 26.2 Å². The highest BCUT2D eigenvalue weighted by Gasteiger charge is 2.19. The van der Waals surface area contributed by atoms with E-state index in [0.717, 1.165) is 32.5 Å². The van der Waals surface area contributed by atoms with Crippen LogP contribution in [0.3, 0.4) is 0 Å². The van der Waals surface area contributed by atoms with E-state index >= 15 is 0 Å². The fraction of sp³-hybridized carbons (Fsp3) is 0.692. The molecule has 18 heavy (non-hydrogen) atoms. The maximum Gasteiger partial charge on any atom is 0.330 e. The molecule has 0 aromatic rings. The van der Waals surface area contributed by atoms with E-state index in [9.17, 15) is 9.59 Å². The summed E-state index contributed by atoms with van der Waals surface area (Å²) in [7, 11) is 0. The molecule has 0 spiro atoms. The molecule has 0 radical (unpaired) electrons. The van der Waals surface area contributed by atoms with Gasteiger partial charge in [-0.3, -0.25) is 9.69 Å². The Bertz CT molecular complexity index is 307. The first-order valence-corrected chi connectivity index (χ1v) is 6.45. The Morgan fingerprint density at radius 1 is 1.39 bits per heavy atom. The van der Waals surface area contributed by atoms with Crippen molar-refractivity contribution in [1.29, 1.82) is 0 Å². The standard InChI is InChI=1S/C13H22N2O3/c1-2-18-13(17)4-3-7-15-8-5-11(6-9-15)10-12(14)16/h3-4,11H,2,5-10H2,1H3,(H2,14,16)/b4-3+. The third-order valence-corrected chi connectivity index (χ3v) is 3.10. The van der Waals surface area contributed by atoms with Crippen molar-refractivity contribution >= 4 is 11.9 Å². The third kappa shape index (κ3) is 5.82. The molecule has 1 aliphatic rings. The number of nitrogens with zero attached hydrogens (tertiary/aromatic N) is 1. The lowest BCUT2D eigenvalue weighted by atomic mass is 9.93. The molecule has 1 heterocycles. The minimum Gasteiger partial charge on any atom is -0.463 e. The SMILES string of the molecule is CCOC(=O)/C=C/CN1CCC(CC(N)=O)CC1. The fourth-order valence-electron chi connectivity index (χ4n) is 2.15. The normalized spacial score (nSPS) is 18.1. The molecule has 0 unspecified atom stereocenters. The number of hydrogen-bond acceptors (Lipinski definition) is 4. The highest BCUT2D eigenvalue weighted by molar-refractivity contribution is 5.81. The molecule has 0 aromatic carbocycles. The lowest BCUT2D eigenvalue weighted by Gasteiger charge is -2.30. The van der Waals surface area contributed by atoms with Crippen LogP contribution in [-0.2, 0) is 14.3 Å². The smallest absolute Gasteiger partial charge is 0.330 e. The zero-order valence-corrected chi connectivity index (χ0v) is 10.9. The number of piperidine rings is 1. The van der Waals surface area contributed by atoms with Crippen LogP contribution in [0.4, 0.5) is 0 Å². The van der Waals surface area contributed by atoms with E-state index in [4.69, 9.17) is 10.5 Å². The molecule has 5 heteroatoms. The Hall–Kier alpha value is -1.36. The fourth-order valence-corrected chi connectivity index (χ4v) is 2.15. The van der Waals surface area contributed by atoms with Gasteiger partial charge in [-0.05, 0) is 38.8 Å². The Labute approximate surface area is 108 Å². The number of amides is 1. The largest absolute Gasteiger partial charge is 0.463 e. The van der Waals surface area contributed by atoms with Crippen LogP contribution in [0.2, 0.25) is 0 Å². The van der Waals surface area contributed by atoms with E-state index in [1.165, 1.54) is 6.08 Å². The van der Waals surface area contributed by atoms with Crippen molar-refractivity contribution in [3.05, 3.63) is 12.2 Å². The molecule has 5 nitrogen and oxygen atoms in total. The first-order valence-electron chi connectivity index (χ1n) is 6.45. The van der Waals surface area contributed by atoms with Gasteiger partial charge in [0.15, 0.2) is 0 Å². The van der Waals surface area contributed by atoms with Gasteiger partial charge in [0.05, 0.1) is 6.61 Å². The number of carbonyl (C=O) groups excluding carboxylic acids is 2. The van der Waals surface area contributed by atoms with Gasteiger partial charge in [0.1, 0.15) is 0 Å². The minimum absolute atomic E-state index is 0.212. The van der Waals surface area contributed by atoms with E-state index in [1.54, 1.807) is 6.92 Å². The molecule has 2 N–H and O–H groups in total. The van der Waals surface area contributed by atoms with E-state index in [2.05, 4.69) is 4.90 Å². The zero-order valence-electron chi connectivity index (χ0n) is 10.9. The van der Waals surface area contributed by atoms with Gasteiger partial charge in [-0.1, -0.05) is 6.08 Å². The van der Waals surface area contributed by atoms with Gasteiger partial charge < -0.3 is 10.5 Å². The average Bonchev–Trinajstić information content (AvgIpc) is 2.31. The lowest BCUT2D eigenvalue weighted by molar-refractivity contribution is -0.137. The van der Waals surface area contributed by atoms with Crippen LogP contribution in [0.15, 0.2) is 12.2 Å². The Morgan fingerprint density at radius 3 is 2.61 bits per heavy atom. The topological polar surface area (TPSA) is 72.6 Å². The summed E-state index contributed by atoms with van der Waals surface area (Å²) in [6, 6.07) is 0. The summed E-state index contributed by atoms with van der Waals surface area (Å²) in [6.45, 7) is 4.84. The van der Waals surface area contributed by atoms with Gasteiger partial charge in [0.2, 0.25) is 5.91 Å². The van der Waals surface area contributed by atoms with Gasteiger partial charge in [-0.25, -0.2) is 4.79 Å². The van der Waals surface area contributed by atoms with Crippen LogP contribution in [0.5, 0.6) is 0 Å². The first kappa shape index (κ1) is 14.7. The molecule has 0 aliphatic carbocycles. The Kier molecular flexibility index (Phi) is 6.43. The summed E-state index contributed by atoms with van der Waals surface area (Å²) < 4.78 is 4.80. The average molecular weight is 254 g/mol. The number of nitrogens with two attached hydrogens (primary N) is 1. The number of hydrogen-bond donors (Lipinski definition) is 1. The molecule has 1 saturated heterocycles. The van der Waals surface area contributed by atoms with Crippen molar-refractivity contribution in [3.8, 4) is 0 Å². The molecule has 0 bridgehead atoms. The Balaban J connectivity index is 2.19. The van der Waals surface area contributed by atoms with Crippen molar-refractivity contribution in [3.63, 3.8) is 0 Å². The van der Waals surface area contributed by atoms with Crippen LogP contribution in [0.25, 0.3) is 0 Å².